The van der Waals surface area contributed by atoms with E-state index >= 15 is 0 Å². The molecule has 5 nitrogen and oxygen atoms in total. The lowest BCUT2D eigenvalue weighted by Gasteiger charge is -2.06. The molecule has 122 valence electrons. The van der Waals surface area contributed by atoms with Crippen LogP contribution in [0.2, 0.25) is 0 Å². The van der Waals surface area contributed by atoms with Gasteiger partial charge in [-0.1, -0.05) is 22.0 Å². The van der Waals surface area contributed by atoms with Crippen molar-refractivity contribution >= 4 is 21.8 Å². The van der Waals surface area contributed by atoms with E-state index in [9.17, 15) is 4.79 Å². The van der Waals surface area contributed by atoms with Crippen molar-refractivity contribution in [3.05, 3.63) is 45.7 Å². The van der Waals surface area contributed by atoms with Crippen LogP contribution in [0.25, 0.3) is 5.69 Å². The van der Waals surface area contributed by atoms with E-state index in [2.05, 4.69) is 26.3 Å². The Hall–Kier alpha value is -1.66. The summed E-state index contributed by atoms with van der Waals surface area (Å²) in [7, 11) is 0. The van der Waals surface area contributed by atoms with Crippen LogP contribution in [0.4, 0.5) is 0 Å². The van der Waals surface area contributed by atoms with Crippen molar-refractivity contribution in [2.45, 2.75) is 32.1 Å². The van der Waals surface area contributed by atoms with Crippen molar-refractivity contribution in [3.63, 3.8) is 0 Å². The van der Waals surface area contributed by atoms with Crippen LogP contribution < -0.4 is 11.1 Å². The number of carbonyl (C=O) groups is 1. The molecule has 1 aliphatic carbocycles. The molecule has 1 heterocycles. The largest absolute Gasteiger partial charge is 0.351 e. The number of benzene rings is 1. The van der Waals surface area contributed by atoms with Crippen molar-refractivity contribution in [1.82, 2.24) is 15.1 Å². The van der Waals surface area contributed by atoms with Crippen molar-refractivity contribution in [2.75, 3.05) is 13.1 Å². The third-order valence-corrected chi connectivity index (χ3v) is 4.61. The maximum atomic E-state index is 12.5. The van der Waals surface area contributed by atoms with Gasteiger partial charge in [-0.15, -0.1) is 0 Å². The van der Waals surface area contributed by atoms with Crippen LogP contribution >= 0.6 is 15.9 Å². The monoisotopic (exact) mass is 376 g/mol. The van der Waals surface area contributed by atoms with Gasteiger partial charge in [0, 0.05) is 22.3 Å². The molecule has 0 radical (unpaired) electrons. The minimum Gasteiger partial charge on any atom is -0.351 e. The number of hydrogen-bond acceptors (Lipinski definition) is 3. The standard InChI is InChI=1S/C17H21BrN4O/c18-12-5-3-6-13(11-12)22-15-8-4-7-14(15)16(21-22)17(23)20-10-2-1-9-19/h3,5-6,11H,1-2,4,7-10,19H2,(H,20,23). The second kappa shape index (κ2) is 7.27. The second-order valence-corrected chi connectivity index (χ2v) is 6.69. The number of rotatable bonds is 6. The number of aromatic nitrogens is 2. The number of carbonyl (C=O) groups excluding carboxylic acids is 1. The van der Waals surface area contributed by atoms with Gasteiger partial charge in [-0.2, -0.15) is 5.10 Å². The Kier molecular flexibility index (Phi) is 5.13. The van der Waals surface area contributed by atoms with Gasteiger partial charge in [0.2, 0.25) is 0 Å². The Morgan fingerprint density at radius 3 is 3.00 bits per heavy atom. The molecule has 3 N–H and O–H groups in total. The van der Waals surface area contributed by atoms with E-state index in [4.69, 9.17) is 5.73 Å². The highest BCUT2D eigenvalue weighted by atomic mass is 79.9. The smallest absolute Gasteiger partial charge is 0.272 e. The van der Waals surface area contributed by atoms with E-state index in [1.165, 1.54) is 0 Å². The van der Waals surface area contributed by atoms with Crippen LogP contribution in [0.3, 0.4) is 0 Å². The molecule has 0 saturated carbocycles. The van der Waals surface area contributed by atoms with Crippen molar-refractivity contribution in [2.24, 2.45) is 5.73 Å². The number of fused-ring (bicyclic) bond motifs is 1. The number of nitrogens with one attached hydrogen (secondary N) is 1. The van der Waals surface area contributed by atoms with E-state index in [-0.39, 0.29) is 5.91 Å². The molecule has 1 aromatic carbocycles. The Morgan fingerprint density at radius 2 is 2.22 bits per heavy atom. The first-order chi connectivity index (χ1) is 11.2. The molecule has 0 spiro atoms. The first-order valence-electron chi connectivity index (χ1n) is 8.05. The third kappa shape index (κ3) is 3.48. The Bertz CT molecular complexity index is 711. The summed E-state index contributed by atoms with van der Waals surface area (Å²) in [6.45, 7) is 1.30. The van der Waals surface area contributed by atoms with Gasteiger partial charge in [-0.05, 0) is 56.8 Å². The number of unbranched alkanes of at least 4 members (excludes halogenated alkanes) is 1. The van der Waals surface area contributed by atoms with Crippen molar-refractivity contribution < 1.29 is 4.79 Å². The normalized spacial score (nSPS) is 13.1. The second-order valence-electron chi connectivity index (χ2n) is 5.77. The minimum atomic E-state index is -0.0751. The zero-order valence-electron chi connectivity index (χ0n) is 13.0. The van der Waals surface area contributed by atoms with Crippen LogP contribution in [0, 0.1) is 0 Å². The number of hydrogen-bond donors (Lipinski definition) is 2. The zero-order valence-corrected chi connectivity index (χ0v) is 14.6. The number of nitrogens with zero attached hydrogens (tertiary/aromatic N) is 2. The lowest BCUT2D eigenvalue weighted by Crippen LogP contribution is -2.26. The van der Waals surface area contributed by atoms with Gasteiger partial charge in [-0.25, -0.2) is 4.68 Å². The Morgan fingerprint density at radius 1 is 1.35 bits per heavy atom. The van der Waals surface area contributed by atoms with Gasteiger partial charge in [-0.3, -0.25) is 4.79 Å². The molecule has 0 aliphatic heterocycles. The van der Waals surface area contributed by atoms with Crippen LogP contribution in [0.5, 0.6) is 0 Å². The van der Waals surface area contributed by atoms with Crippen LogP contribution in [0.15, 0.2) is 28.7 Å². The number of amides is 1. The molecule has 1 amide bonds. The van der Waals surface area contributed by atoms with Crippen LogP contribution in [-0.4, -0.2) is 28.8 Å². The lowest BCUT2D eigenvalue weighted by molar-refractivity contribution is 0.0946. The van der Waals surface area contributed by atoms with Crippen LogP contribution in [-0.2, 0) is 12.8 Å². The fraction of sp³-hybridized carbons (Fsp3) is 0.412. The Labute approximate surface area is 144 Å². The molecule has 0 bridgehead atoms. The van der Waals surface area contributed by atoms with Crippen molar-refractivity contribution in [1.29, 1.82) is 0 Å². The fourth-order valence-electron chi connectivity index (χ4n) is 3.00. The lowest BCUT2D eigenvalue weighted by atomic mass is 10.2. The van der Waals surface area contributed by atoms with Gasteiger partial charge in [0.1, 0.15) is 0 Å². The maximum absolute atomic E-state index is 12.5. The van der Waals surface area contributed by atoms with E-state index in [1.54, 1.807) is 0 Å². The van der Waals surface area contributed by atoms with E-state index in [0.717, 1.165) is 53.5 Å². The molecule has 3 rings (SSSR count). The Balaban J connectivity index is 1.85. The highest BCUT2D eigenvalue weighted by molar-refractivity contribution is 9.10. The van der Waals surface area contributed by atoms with Crippen molar-refractivity contribution in [3.8, 4) is 5.69 Å². The summed E-state index contributed by atoms with van der Waals surface area (Å²) in [5, 5.41) is 7.56. The zero-order chi connectivity index (χ0) is 16.2. The average Bonchev–Trinajstić information content (AvgIpc) is 3.13. The summed E-state index contributed by atoms with van der Waals surface area (Å²) in [5.74, 6) is -0.0751. The molecule has 0 atom stereocenters. The minimum absolute atomic E-state index is 0.0751. The predicted octanol–water partition coefficient (Wildman–Crippen LogP) is 2.59. The summed E-state index contributed by atoms with van der Waals surface area (Å²) >= 11 is 3.49. The third-order valence-electron chi connectivity index (χ3n) is 4.11. The molecular formula is C17H21BrN4O. The molecular weight excluding hydrogens is 356 g/mol. The summed E-state index contributed by atoms with van der Waals surface area (Å²) in [6.07, 6.45) is 4.79. The van der Waals surface area contributed by atoms with Gasteiger partial charge in [0.15, 0.2) is 5.69 Å². The van der Waals surface area contributed by atoms with Gasteiger partial charge in [0.25, 0.3) is 5.91 Å². The first-order valence-corrected chi connectivity index (χ1v) is 8.85. The molecule has 1 aliphatic rings. The molecule has 1 aromatic heterocycles. The first kappa shape index (κ1) is 16.2. The molecule has 0 saturated heterocycles. The van der Waals surface area contributed by atoms with E-state index in [1.807, 2.05) is 28.9 Å². The van der Waals surface area contributed by atoms with Gasteiger partial charge in [0.05, 0.1) is 5.69 Å². The fourth-order valence-corrected chi connectivity index (χ4v) is 3.38. The SMILES string of the molecule is NCCCCNC(=O)c1nn(-c2cccc(Br)c2)c2c1CCC2. The average molecular weight is 377 g/mol. The highest BCUT2D eigenvalue weighted by Crippen LogP contribution is 2.28. The highest BCUT2D eigenvalue weighted by Gasteiger charge is 2.26. The molecule has 6 heteroatoms. The van der Waals surface area contributed by atoms with E-state index in [0.29, 0.717) is 18.8 Å². The molecule has 2 aromatic rings. The molecule has 0 fully saturated rings. The van der Waals surface area contributed by atoms with E-state index < -0.39 is 0 Å². The quantitative estimate of drug-likeness (QED) is 0.760. The summed E-state index contributed by atoms with van der Waals surface area (Å²) < 4.78 is 2.92. The molecule has 0 unspecified atom stereocenters. The van der Waals surface area contributed by atoms with Gasteiger partial charge >= 0.3 is 0 Å². The summed E-state index contributed by atoms with van der Waals surface area (Å²) in [4.78, 5) is 12.5. The topological polar surface area (TPSA) is 72.9 Å². The summed E-state index contributed by atoms with van der Waals surface area (Å²) in [5.41, 5.74) is 9.30. The maximum Gasteiger partial charge on any atom is 0.272 e. The van der Waals surface area contributed by atoms with Gasteiger partial charge < -0.3 is 11.1 Å². The molecule has 23 heavy (non-hydrogen) atoms. The number of halogens is 1. The number of nitrogens with two attached hydrogens (primary N) is 1. The predicted molar refractivity (Wildman–Crippen MR) is 93.9 cm³/mol. The van der Waals surface area contributed by atoms with Crippen LogP contribution in [0.1, 0.15) is 41.0 Å². The summed E-state index contributed by atoms with van der Waals surface area (Å²) in [6, 6.07) is 8.00.